The molecule has 0 saturated carbocycles. The molecule has 2 N–H and O–H groups in total. The van der Waals surface area contributed by atoms with Crippen molar-refractivity contribution < 1.29 is 13.5 Å². The molecule has 1 rings (SSSR count). The van der Waals surface area contributed by atoms with E-state index in [1.165, 1.54) is 18.2 Å². The maximum atomic E-state index is 11.7. The van der Waals surface area contributed by atoms with E-state index in [9.17, 15) is 8.78 Å². The molecule has 0 spiro atoms. The highest BCUT2D eigenvalue weighted by Crippen LogP contribution is 2.26. The summed E-state index contributed by atoms with van der Waals surface area (Å²) >= 11 is 5.66. The second-order valence-electron chi connectivity index (χ2n) is 2.39. The minimum atomic E-state index is -2.51. The van der Waals surface area contributed by atoms with Gasteiger partial charge < -0.3 is 10.5 Å². The van der Waals surface area contributed by atoms with Crippen LogP contribution in [0.3, 0.4) is 0 Å². The summed E-state index contributed by atoms with van der Waals surface area (Å²) in [7, 11) is 0. The van der Waals surface area contributed by atoms with Crippen LogP contribution < -0.4 is 10.5 Å². The van der Waals surface area contributed by atoms with E-state index in [1.807, 2.05) is 0 Å². The molecule has 0 bridgehead atoms. The Bertz CT molecular complexity index is 297. The molecule has 0 radical (unpaired) electrons. The first-order valence-corrected chi connectivity index (χ1v) is 3.93. The highest BCUT2D eigenvalue weighted by Gasteiger charge is 2.06. The number of benzene rings is 1. The second kappa shape index (κ2) is 5.88. The maximum Gasteiger partial charge on any atom is 0.272 e. The van der Waals surface area contributed by atoms with Gasteiger partial charge in [0.15, 0.2) is 0 Å². The van der Waals surface area contributed by atoms with Gasteiger partial charge in [-0.3, -0.25) is 0 Å². The minimum absolute atomic E-state index is 0. The number of hydrogen-bond donors (Lipinski definition) is 1. The van der Waals surface area contributed by atoms with Crippen LogP contribution in [0.2, 0.25) is 5.02 Å². The van der Waals surface area contributed by atoms with Gasteiger partial charge in [-0.15, -0.1) is 12.4 Å². The van der Waals surface area contributed by atoms with E-state index in [-0.39, 0.29) is 23.2 Å². The smallest absolute Gasteiger partial charge is 0.272 e. The van der Waals surface area contributed by atoms with Crippen molar-refractivity contribution >= 4 is 29.7 Å². The van der Waals surface area contributed by atoms with E-state index < -0.39 is 13.0 Å². The number of rotatable bonds is 3. The zero-order valence-corrected chi connectivity index (χ0v) is 8.62. The van der Waals surface area contributed by atoms with Crippen molar-refractivity contribution in [2.24, 2.45) is 0 Å². The average Bonchev–Trinajstić information content (AvgIpc) is 2.02. The summed E-state index contributed by atoms with van der Waals surface area (Å²) in [5.74, 6) is 0.219. The van der Waals surface area contributed by atoms with E-state index in [2.05, 4.69) is 0 Å². The van der Waals surface area contributed by atoms with Crippen LogP contribution in [0, 0.1) is 0 Å². The lowest BCUT2D eigenvalue weighted by molar-refractivity contribution is 0.0820. The van der Waals surface area contributed by atoms with E-state index >= 15 is 0 Å². The number of halogens is 4. The fourth-order valence-electron chi connectivity index (χ4n) is 0.787. The molecular weight excluding hydrogens is 235 g/mol. The summed E-state index contributed by atoms with van der Waals surface area (Å²) in [4.78, 5) is 0. The van der Waals surface area contributed by atoms with Crippen molar-refractivity contribution in [3.8, 4) is 5.75 Å². The Labute approximate surface area is 91.4 Å². The molecule has 0 unspecified atom stereocenters. The van der Waals surface area contributed by atoms with Crippen molar-refractivity contribution in [1.29, 1.82) is 0 Å². The molecule has 0 fully saturated rings. The summed E-state index contributed by atoms with van der Waals surface area (Å²) in [6, 6.07) is 4.44. The summed E-state index contributed by atoms with van der Waals surface area (Å²) in [6.45, 7) is -0.663. The molecule has 1 aromatic rings. The van der Waals surface area contributed by atoms with Gasteiger partial charge in [-0.25, -0.2) is 8.78 Å². The summed E-state index contributed by atoms with van der Waals surface area (Å²) < 4.78 is 28.2. The van der Waals surface area contributed by atoms with Crippen LogP contribution in [0.4, 0.5) is 14.5 Å². The van der Waals surface area contributed by atoms with Gasteiger partial charge in [0.2, 0.25) is 0 Å². The number of ether oxygens (including phenoxy) is 1. The third-order valence-electron chi connectivity index (χ3n) is 1.32. The lowest BCUT2D eigenvalue weighted by Crippen LogP contribution is -2.07. The first-order chi connectivity index (χ1) is 6.09. The molecule has 0 aromatic heterocycles. The van der Waals surface area contributed by atoms with Crippen molar-refractivity contribution in [2.45, 2.75) is 6.43 Å². The number of anilines is 1. The Balaban J connectivity index is 0.00000169. The maximum absolute atomic E-state index is 11.7. The van der Waals surface area contributed by atoms with Gasteiger partial charge in [-0.1, -0.05) is 11.6 Å². The van der Waals surface area contributed by atoms with Gasteiger partial charge in [0.25, 0.3) is 6.43 Å². The SMILES string of the molecule is Cl.Nc1ccc(OCC(F)F)c(Cl)c1. The topological polar surface area (TPSA) is 35.2 Å². The van der Waals surface area contributed by atoms with Gasteiger partial charge in [0.1, 0.15) is 12.4 Å². The van der Waals surface area contributed by atoms with Crippen molar-refractivity contribution in [1.82, 2.24) is 0 Å². The molecule has 0 heterocycles. The van der Waals surface area contributed by atoms with Gasteiger partial charge in [0, 0.05) is 5.69 Å². The van der Waals surface area contributed by atoms with Gasteiger partial charge in [0.05, 0.1) is 5.02 Å². The highest BCUT2D eigenvalue weighted by molar-refractivity contribution is 6.32. The third kappa shape index (κ3) is 3.98. The van der Waals surface area contributed by atoms with Crippen molar-refractivity contribution in [3.05, 3.63) is 23.2 Å². The standard InChI is InChI=1S/C8H8ClF2NO.ClH/c9-6-3-5(12)1-2-7(6)13-4-8(10)11;/h1-3,8H,4,12H2;1H. The number of alkyl halides is 2. The van der Waals surface area contributed by atoms with Gasteiger partial charge in [-0.05, 0) is 18.2 Å². The van der Waals surface area contributed by atoms with Gasteiger partial charge in [-0.2, -0.15) is 0 Å². The number of hydrogen-bond acceptors (Lipinski definition) is 2. The molecule has 80 valence electrons. The zero-order chi connectivity index (χ0) is 9.84. The van der Waals surface area contributed by atoms with Crippen LogP contribution in [0.15, 0.2) is 18.2 Å². The first-order valence-electron chi connectivity index (χ1n) is 3.55. The molecule has 0 atom stereocenters. The predicted octanol–water partition coefficient (Wildman–Crippen LogP) is 2.99. The lowest BCUT2D eigenvalue weighted by Gasteiger charge is -2.07. The third-order valence-corrected chi connectivity index (χ3v) is 1.62. The molecule has 0 saturated heterocycles. The highest BCUT2D eigenvalue weighted by atomic mass is 35.5. The van der Waals surface area contributed by atoms with Gasteiger partial charge >= 0.3 is 0 Å². The van der Waals surface area contributed by atoms with Crippen molar-refractivity contribution in [3.63, 3.8) is 0 Å². The van der Waals surface area contributed by atoms with Crippen LogP contribution in [-0.2, 0) is 0 Å². The van der Waals surface area contributed by atoms with E-state index in [0.29, 0.717) is 5.69 Å². The monoisotopic (exact) mass is 243 g/mol. The largest absolute Gasteiger partial charge is 0.486 e. The molecule has 0 aliphatic rings. The van der Waals surface area contributed by atoms with E-state index in [4.69, 9.17) is 22.1 Å². The average molecular weight is 244 g/mol. The molecule has 6 heteroatoms. The fourth-order valence-corrected chi connectivity index (χ4v) is 1.03. The fraction of sp³-hybridized carbons (Fsp3) is 0.250. The number of nitrogens with two attached hydrogens (primary N) is 1. The first kappa shape index (κ1) is 13.3. The van der Waals surface area contributed by atoms with Crippen LogP contribution in [0.5, 0.6) is 5.75 Å². The summed E-state index contributed by atoms with van der Waals surface area (Å²) in [5, 5.41) is 0.237. The summed E-state index contributed by atoms with van der Waals surface area (Å²) in [6.07, 6.45) is -2.51. The van der Waals surface area contributed by atoms with Crippen LogP contribution >= 0.6 is 24.0 Å². The second-order valence-corrected chi connectivity index (χ2v) is 2.80. The Morgan fingerprint density at radius 3 is 2.57 bits per heavy atom. The lowest BCUT2D eigenvalue weighted by atomic mass is 10.3. The zero-order valence-electron chi connectivity index (χ0n) is 7.04. The molecule has 2 nitrogen and oxygen atoms in total. The molecule has 0 aliphatic carbocycles. The molecule has 0 aliphatic heterocycles. The Hall–Kier alpha value is -0.740. The molecule has 0 amide bonds. The molecular formula is C8H9Cl2F2NO. The van der Waals surface area contributed by atoms with Crippen LogP contribution in [-0.4, -0.2) is 13.0 Å². The quantitative estimate of drug-likeness (QED) is 0.829. The Morgan fingerprint density at radius 2 is 2.07 bits per heavy atom. The van der Waals surface area contributed by atoms with Crippen molar-refractivity contribution in [2.75, 3.05) is 12.3 Å². The van der Waals surface area contributed by atoms with Crippen LogP contribution in [0.25, 0.3) is 0 Å². The number of nitrogen functional groups attached to an aromatic ring is 1. The molecule has 14 heavy (non-hydrogen) atoms. The van der Waals surface area contributed by atoms with E-state index in [1.54, 1.807) is 0 Å². The normalized spacial score (nSPS) is 9.71. The van der Waals surface area contributed by atoms with Crippen LogP contribution in [0.1, 0.15) is 0 Å². The minimum Gasteiger partial charge on any atom is -0.486 e. The molecule has 1 aromatic carbocycles. The Kier molecular flexibility index (Phi) is 5.57. The Morgan fingerprint density at radius 1 is 1.43 bits per heavy atom. The van der Waals surface area contributed by atoms with E-state index in [0.717, 1.165) is 0 Å². The summed E-state index contributed by atoms with van der Waals surface area (Å²) in [5.41, 5.74) is 5.86. The predicted molar refractivity (Wildman–Crippen MR) is 54.6 cm³/mol.